The van der Waals surface area contributed by atoms with Gasteiger partial charge in [-0.2, -0.15) is 0 Å². The number of likely N-dealkylation sites (tertiary alicyclic amines) is 1. The van der Waals surface area contributed by atoms with Crippen molar-refractivity contribution in [1.82, 2.24) is 15.0 Å². The molecule has 0 saturated carbocycles. The third kappa shape index (κ3) is 2.79. The van der Waals surface area contributed by atoms with Crippen LogP contribution in [0.3, 0.4) is 0 Å². The van der Waals surface area contributed by atoms with Crippen molar-refractivity contribution in [2.24, 2.45) is 0 Å². The van der Waals surface area contributed by atoms with Gasteiger partial charge in [0.25, 0.3) is 5.91 Å². The molecule has 0 spiro atoms. The molecule has 2 aromatic rings. The van der Waals surface area contributed by atoms with Gasteiger partial charge in [0.15, 0.2) is 0 Å². The molecule has 1 aliphatic rings. The summed E-state index contributed by atoms with van der Waals surface area (Å²) in [5, 5.41) is 7.22. The van der Waals surface area contributed by atoms with Crippen LogP contribution in [0.1, 0.15) is 58.2 Å². The van der Waals surface area contributed by atoms with Crippen LogP contribution in [-0.4, -0.2) is 34.0 Å². The van der Waals surface area contributed by atoms with E-state index >= 15 is 0 Å². The largest absolute Gasteiger partial charge is 0.361 e. The fourth-order valence-corrected chi connectivity index (χ4v) is 3.94. The van der Waals surface area contributed by atoms with E-state index in [9.17, 15) is 4.79 Å². The number of amides is 1. The van der Waals surface area contributed by atoms with Gasteiger partial charge in [0.1, 0.15) is 11.3 Å². The van der Waals surface area contributed by atoms with Crippen LogP contribution in [0, 0.1) is 13.8 Å². The monoisotopic (exact) mass is 319 g/mol. The van der Waals surface area contributed by atoms with Gasteiger partial charge in [0.05, 0.1) is 10.7 Å². The first-order valence-corrected chi connectivity index (χ1v) is 8.64. The lowest BCUT2D eigenvalue weighted by Gasteiger charge is -2.31. The summed E-state index contributed by atoms with van der Waals surface area (Å²) in [4.78, 5) is 19.4. The van der Waals surface area contributed by atoms with E-state index in [4.69, 9.17) is 4.52 Å². The molecule has 1 amide bonds. The second-order valence-corrected chi connectivity index (χ2v) is 6.72. The molecule has 0 aromatic carbocycles. The Kier molecular flexibility index (Phi) is 4.29. The Morgan fingerprint density at radius 1 is 1.50 bits per heavy atom. The zero-order valence-electron chi connectivity index (χ0n) is 13.3. The second-order valence-electron chi connectivity index (χ2n) is 5.83. The zero-order valence-corrected chi connectivity index (χ0v) is 14.1. The van der Waals surface area contributed by atoms with E-state index in [1.807, 2.05) is 25.7 Å². The van der Waals surface area contributed by atoms with E-state index in [1.165, 1.54) is 0 Å². The average molecular weight is 319 g/mol. The lowest BCUT2D eigenvalue weighted by atomic mass is 9.97. The molecular weight excluding hydrogens is 298 g/mol. The van der Waals surface area contributed by atoms with Gasteiger partial charge in [-0.3, -0.25) is 4.79 Å². The number of hydrogen-bond donors (Lipinski definition) is 0. The van der Waals surface area contributed by atoms with Gasteiger partial charge >= 0.3 is 0 Å². The molecule has 6 heteroatoms. The predicted molar refractivity (Wildman–Crippen MR) is 85.3 cm³/mol. The maximum atomic E-state index is 12.9. The maximum absolute atomic E-state index is 12.9. The number of carbonyl (C=O) groups is 1. The van der Waals surface area contributed by atoms with E-state index in [0.717, 1.165) is 42.3 Å². The lowest BCUT2D eigenvalue weighted by molar-refractivity contribution is 0.0704. The van der Waals surface area contributed by atoms with Crippen molar-refractivity contribution in [1.29, 1.82) is 0 Å². The van der Waals surface area contributed by atoms with Gasteiger partial charge in [-0.25, -0.2) is 4.98 Å². The third-order valence-electron chi connectivity index (χ3n) is 4.18. The number of carbonyl (C=O) groups excluding carboxylic acids is 1. The topological polar surface area (TPSA) is 59.2 Å². The summed E-state index contributed by atoms with van der Waals surface area (Å²) in [6.45, 7) is 7.35. The summed E-state index contributed by atoms with van der Waals surface area (Å²) < 4.78 is 5.21. The molecule has 1 atom stereocenters. The first-order chi connectivity index (χ1) is 10.6. The molecule has 1 saturated heterocycles. The van der Waals surface area contributed by atoms with Crippen LogP contribution < -0.4 is 0 Å². The molecule has 5 nitrogen and oxygen atoms in total. The molecule has 1 aliphatic heterocycles. The van der Waals surface area contributed by atoms with Crippen LogP contribution in [0.4, 0.5) is 0 Å². The molecule has 0 aliphatic carbocycles. The minimum Gasteiger partial charge on any atom is -0.361 e. The van der Waals surface area contributed by atoms with Gasteiger partial charge in [-0.05, 0) is 33.1 Å². The Hall–Kier alpha value is -1.69. The summed E-state index contributed by atoms with van der Waals surface area (Å²) in [6.07, 6.45) is 2.82. The molecule has 2 aromatic heterocycles. The highest BCUT2D eigenvalue weighted by Gasteiger charge is 2.30. The number of hydrogen-bond acceptors (Lipinski definition) is 5. The molecule has 118 valence electrons. The van der Waals surface area contributed by atoms with Crippen LogP contribution in [-0.2, 0) is 6.42 Å². The van der Waals surface area contributed by atoms with Crippen molar-refractivity contribution in [3.05, 3.63) is 33.1 Å². The molecule has 1 fully saturated rings. The number of nitrogens with zero attached hydrogens (tertiary/aromatic N) is 3. The highest BCUT2D eigenvalue weighted by Crippen LogP contribution is 2.30. The van der Waals surface area contributed by atoms with Crippen molar-refractivity contribution in [3.8, 4) is 0 Å². The minimum absolute atomic E-state index is 0.0496. The van der Waals surface area contributed by atoms with Crippen LogP contribution in [0.2, 0.25) is 0 Å². The maximum Gasteiger partial charge on any atom is 0.259 e. The highest BCUT2D eigenvalue weighted by molar-refractivity contribution is 7.09. The SMILES string of the molecule is CCc1noc(C)c1C(=O)N1CCC[C@H](c2nc(C)cs2)C1. The number of aromatic nitrogens is 2. The first kappa shape index (κ1) is 15.2. The normalized spacial score (nSPS) is 18.7. The zero-order chi connectivity index (χ0) is 15.7. The molecule has 22 heavy (non-hydrogen) atoms. The predicted octanol–water partition coefficient (Wildman–Crippen LogP) is 3.33. The summed E-state index contributed by atoms with van der Waals surface area (Å²) in [6, 6.07) is 0. The van der Waals surface area contributed by atoms with Gasteiger partial charge in [-0.15, -0.1) is 11.3 Å². The van der Waals surface area contributed by atoms with E-state index in [-0.39, 0.29) is 5.91 Å². The van der Waals surface area contributed by atoms with Crippen molar-refractivity contribution in [2.75, 3.05) is 13.1 Å². The minimum atomic E-state index is 0.0496. The number of aryl methyl sites for hydroxylation is 3. The molecule has 0 bridgehead atoms. The summed E-state index contributed by atoms with van der Waals surface area (Å²) in [5.41, 5.74) is 2.47. The van der Waals surface area contributed by atoms with Crippen LogP contribution in [0.25, 0.3) is 0 Å². The van der Waals surface area contributed by atoms with Crippen molar-refractivity contribution < 1.29 is 9.32 Å². The Balaban J connectivity index is 1.79. The summed E-state index contributed by atoms with van der Waals surface area (Å²) >= 11 is 1.70. The van der Waals surface area contributed by atoms with Crippen molar-refractivity contribution >= 4 is 17.2 Å². The molecular formula is C16H21N3O2S. The van der Waals surface area contributed by atoms with E-state index in [1.54, 1.807) is 11.3 Å². The molecule has 3 heterocycles. The Morgan fingerprint density at radius 2 is 2.32 bits per heavy atom. The molecule has 0 radical (unpaired) electrons. The van der Waals surface area contributed by atoms with Gasteiger partial charge in [-0.1, -0.05) is 12.1 Å². The number of rotatable bonds is 3. The van der Waals surface area contributed by atoms with Crippen LogP contribution in [0.5, 0.6) is 0 Å². The summed E-state index contributed by atoms with van der Waals surface area (Å²) in [5.74, 6) is 1.02. The third-order valence-corrected chi connectivity index (χ3v) is 5.30. The second kappa shape index (κ2) is 6.20. The number of piperidine rings is 1. The van der Waals surface area contributed by atoms with Crippen LogP contribution in [0.15, 0.2) is 9.90 Å². The van der Waals surface area contributed by atoms with E-state index < -0.39 is 0 Å². The standard InChI is InChI=1S/C16H21N3O2S/c1-4-13-14(11(3)21-18-13)16(20)19-7-5-6-12(8-19)15-17-10(2)9-22-15/h9,12H,4-8H2,1-3H3/t12-/m0/s1. The quantitative estimate of drug-likeness (QED) is 0.870. The number of thiazole rings is 1. The summed E-state index contributed by atoms with van der Waals surface area (Å²) in [7, 11) is 0. The van der Waals surface area contributed by atoms with E-state index in [2.05, 4.69) is 15.5 Å². The fraction of sp³-hybridized carbons (Fsp3) is 0.562. The molecule has 0 unspecified atom stereocenters. The smallest absolute Gasteiger partial charge is 0.259 e. The first-order valence-electron chi connectivity index (χ1n) is 7.76. The Bertz CT molecular complexity index is 677. The van der Waals surface area contributed by atoms with Crippen molar-refractivity contribution in [3.63, 3.8) is 0 Å². The van der Waals surface area contributed by atoms with Gasteiger partial charge in [0.2, 0.25) is 0 Å². The van der Waals surface area contributed by atoms with E-state index in [0.29, 0.717) is 23.7 Å². The average Bonchev–Trinajstić information content (AvgIpc) is 3.12. The van der Waals surface area contributed by atoms with Crippen molar-refractivity contribution in [2.45, 2.75) is 46.0 Å². The molecule has 0 N–H and O–H groups in total. The van der Waals surface area contributed by atoms with Crippen LogP contribution >= 0.6 is 11.3 Å². The highest BCUT2D eigenvalue weighted by atomic mass is 32.1. The Morgan fingerprint density at radius 3 is 3.00 bits per heavy atom. The fourth-order valence-electron chi connectivity index (χ4n) is 3.01. The van der Waals surface area contributed by atoms with Gasteiger partial charge in [0, 0.05) is 30.1 Å². The lowest BCUT2D eigenvalue weighted by Crippen LogP contribution is -2.39. The Labute approximate surface area is 134 Å². The molecule has 3 rings (SSSR count). The van der Waals surface area contributed by atoms with Gasteiger partial charge < -0.3 is 9.42 Å².